The lowest BCUT2D eigenvalue weighted by molar-refractivity contribution is 0.354. The van der Waals surface area contributed by atoms with E-state index in [4.69, 9.17) is 42.1 Å². The summed E-state index contributed by atoms with van der Waals surface area (Å²) in [5.74, 6) is 2.33. The number of halogens is 2. The van der Waals surface area contributed by atoms with Crippen molar-refractivity contribution in [1.82, 2.24) is 4.57 Å². The molecule has 210 valence electrons. The Bertz CT molecular complexity index is 2090. The normalized spacial score (nSPS) is 16.0. The van der Waals surface area contributed by atoms with E-state index in [1.54, 1.807) is 43.1 Å². The third-order valence-corrected chi connectivity index (χ3v) is 9.24. The number of ether oxygens (including phenoxy) is 2. The zero-order valence-corrected chi connectivity index (χ0v) is 25.0. The predicted octanol–water partition coefficient (Wildman–Crippen LogP) is 6.90. The number of aromatic nitrogens is 1. The highest BCUT2D eigenvalue weighted by atomic mass is 35.5. The van der Waals surface area contributed by atoms with Crippen LogP contribution in [0, 0.1) is 0 Å². The Morgan fingerprint density at radius 3 is 2.62 bits per heavy atom. The first kappa shape index (κ1) is 26.8. The van der Waals surface area contributed by atoms with Crippen molar-refractivity contribution in [2.24, 2.45) is 4.99 Å². The number of allylic oxidation sites excluding steroid dienone is 1. The van der Waals surface area contributed by atoms with E-state index in [0.717, 1.165) is 35.2 Å². The number of hydrogen-bond acceptors (Lipinski definition) is 6. The summed E-state index contributed by atoms with van der Waals surface area (Å²) in [6.45, 7) is 0. The lowest BCUT2D eigenvalue weighted by Crippen LogP contribution is -2.38. The fourth-order valence-electron chi connectivity index (χ4n) is 5.74. The minimum Gasteiger partial charge on any atom is -0.493 e. The topological polar surface area (TPSA) is 66.0 Å². The first-order chi connectivity index (χ1) is 20.4. The molecule has 0 spiro atoms. The van der Waals surface area contributed by atoms with E-state index < -0.39 is 0 Å². The van der Waals surface area contributed by atoms with Crippen molar-refractivity contribution in [3.63, 3.8) is 0 Å². The van der Waals surface area contributed by atoms with E-state index in [1.807, 2.05) is 36.4 Å². The van der Waals surface area contributed by atoms with Crippen molar-refractivity contribution in [3.05, 3.63) is 131 Å². The van der Waals surface area contributed by atoms with E-state index in [-0.39, 0.29) is 11.6 Å². The van der Waals surface area contributed by atoms with Crippen molar-refractivity contribution in [3.8, 4) is 22.8 Å². The molecule has 2 aliphatic rings. The summed E-state index contributed by atoms with van der Waals surface area (Å²) in [6.07, 6.45) is 3.43. The molecule has 0 saturated carbocycles. The molecule has 0 bridgehead atoms. The van der Waals surface area contributed by atoms with E-state index in [9.17, 15) is 4.79 Å². The van der Waals surface area contributed by atoms with Crippen LogP contribution in [0.5, 0.6) is 11.5 Å². The fraction of sp³-hybridized carbons (Fsp3) is 0.152. The van der Waals surface area contributed by atoms with Crippen LogP contribution in [0.1, 0.15) is 34.9 Å². The summed E-state index contributed by atoms with van der Waals surface area (Å²) in [5, 5.41) is 1.09. The average molecular weight is 616 g/mol. The fourth-order valence-corrected chi connectivity index (χ4v) is 7.10. The highest BCUT2D eigenvalue weighted by Gasteiger charge is 2.33. The maximum absolute atomic E-state index is 14.1. The smallest absolute Gasteiger partial charge is 0.271 e. The van der Waals surface area contributed by atoms with Gasteiger partial charge in [-0.3, -0.25) is 9.36 Å². The van der Waals surface area contributed by atoms with Gasteiger partial charge in [-0.1, -0.05) is 64.9 Å². The maximum atomic E-state index is 14.1. The van der Waals surface area contributed by atoms with Crippen molar-refractivity contribution in [2.45, 2.75) is 18.9 Å². The van der Waals surface area contributed by atoms with E-state index in [0.29, 0.717) is 48.0 Å². The Kier molecular flexibility index (Phi) is 6.81. The van der Waals surface area contributed by atoms with Gasteiger partial charge in [-0.25, -0.2) is 4.99 Å². The molecular formula is C33H24Cl2N2O4S. The minimum atomic E-state index is -0.344. The van der Waals surface area contributed by atoms with Gasteiger partial charge in [0, 0.05) is 22.2 Å². The zero-order chi connectivity index (χ0) is 29.0. The number of nitrogens with zero attached hydrogens (tertiary/aromatic N) is 2. The van der Waals surface area contributed by atoms with Gasteiger partial charge in [0.25, 0.3) is 5.56 Å². The summed E-state index contributed by atoms with van der Waals surface area (Å²) < 4.78 is 19.5. The van der Waals surface area contributed by atoms with Crippen molar-refractivity contribution >= 4 is 46.3 Å². The standard InChI is InChI=1S/C33H24Cl2N2O4S/c1-39-27-13-8-19(15-28(27)40-2)31-23-11-7-18-5-3-4-6-22(18)30(23)36-33-37(31)32(38)29(42-33)17-21-10-14-26(41-21)24-16-20(34)9-12-25(24)35/h3-6,8-10,12-17,31H,7,11H2,1-2H3/b29-17-/t31-/m1/s1. The van der Waals surface area contributed by atoms with E-state index in [1.165, 1.54) is 16.9 Å². The zero-order valence-electron chi connectivity index (χ0n) is 22.7. The lowest BCUT2D eigenvalue weighted by atomic mass is 9.83. The molecule has 5 aromatic rings. The molecule has 0 amide bonds. The molecule has 0 fully saturated rings. The van der Waals surface area contributed by atoms with E-state index >= 15 is 0 Å². The number of benzene rings is 3. The lowest BCUT2D eigenvalue weighted by Gasteiger charge is -2.31. The summed E-state index contributed by atoms with van der Waals surface area (Å²) in [5.41, 5.74) is 5.88. The number of methoxy groups -OCH3 is 2. The number of hydrogen-bond donors (Lipinski definition) is 0. The van der Waals surface area contributed by atoms with Gasteiger partial charge in [-0.2, -0.15) is 0 Å². The van der Waals surface area contributed by atoms with Gasteiger partial charge in [-0.05, 0) is 72.0 Å². The predicted molar refractivity (Wildman–Crippen MR) is 166 cm³/mol. The number of aryl methyl sites for hydroxylation is 1. The third-order valence-electron chi connectivity index (χ3n) is 7.69. The monoisotopic (exact) mass is 614 g/mol. The Labute approximate surface area is 255 Å². The summed E-state index contributed by atoms with van der Waals surface area (Å²) in [6, 6.07) is 22.7. The largest absolute Gasteiger partial charge is 0.493 e. The second-order valence-electron chi connectivity index (χ2n) is 10.1. The van der Waals surface area contributed by atoms with Gasteiger partial charge in [0.15, 0.2) is 16.3 Å². The van der Waals surface area contributed by atoms with Gasteiger partial charge >= 0.3 is 0 Å². The molecule has 0 unspecified atom stereocenters. The molecule has 9 heteroatoms. The molecule has 3 heterocycles. The van der Waals surface area contributed by atoms with Gasteiger partial charge in [0.2, 0.25) is 0 Å². The molecular weight excluding hydrogens is 591 g/mol. The molecule has 1 aliphatic carbocycles. The van der Waals surface area contributed by atoms with Gasteiger partial charge in [0.1, 0.15) is 11.5 Å². The molecule has 1 aliphatic heterocycles. The highest BCUT2D eigenvalue weighted by Crippen LogP contribution is 2.43. The van der Waals surface area contributed by atoms with Crippen molar-refractivity contribution < 1.29 is 13.9 Å². The quantitative estimate of drug-likeness (QED) is 0.216. The molecule has 1 atom stereocenters. The van der Waals surface area contributed by atoms with Crippen LogP contribution < -0.4 is 24.4 Å². The van der Waals surface area contributed by atoms with Crippen LogP contribution in [-0.4, -0.2) is 18.8 Å². The van der Waals surface area contributed by atoms with Gasteiger partial charge in [0.05, 0.1) is 35.5 Å². The van der Waals surface area contributed by atoms with Crippen LogP contribution in [0.2, 0.25) is 10.0 Å². The average Bonchev–Trinajstić information content (AvgIpc) is 3.60. The first-order valence-electron chi connectivity index (χ1n) is 13.4. The summed E-state index contributed by atoms with van der Waals surface area (Å²) in [4.78, 5) is 19.8. The molecule has 0 radical (unpaired) electrons. The summed E-state index contributed by atoms with van der Waals surface area (Å²) in [7, 11) is 3.22. The SMILES string of the molecule is COc1ccc([C@@H]2C3=C(N=c4s/c(=C\c5ccc(-c6cc(Cl)ccc6Cl)o5)c(=O)n42)c2ccccc2CC3)cc1OC. The first-order valence-corrected chi connectivity index (χ1v) is 14.9. The van der Waals surface area contributed by atoms with Gasteiger partial charge in [-0.15, -0.1) is 0 Å². The Morgan fingerprint density at radius 1 is 0.952 bits per heavy atom. The van der Waals surface area contributed by atoms with Crippen LogP contribution in [-0.2, 0) is 6.42 Å². The van der Waals surface area contributed by atoms with Crippen LogP contribution in [0.3, 0.4) is 0 Å². The second-order valence-corrected chi connectivity index (χ2v) is 11.9. The summed E-state index contributed by atoms with van der Waals surface area (Å²) >= 11 is 13.9. The number of thiazole rings is 1. The van der Waals surface area contributed by atoms with Gasteiger partial charge < -0.3 is 13.9 Å². The van der Waals surface area contributed by atoms with Crippen molar-refractivity contribution in [2.75, 3.05) is 14.2 Å². The van der Waals surface area contributed by atoms with Crippen LogP contribution in [0.25, 0.3) is 23.1 Å². The van der Waals surface area contributed by atoms with Crippen LogP contribution in [0.15, 0.2) is 92.6 Å². The number of furan rings is 1. The number of rotatable bonds is 5. The molecule has 0 saturated heterocycles. The Morgan fingerprint density at radius 2 is 1.79 bits per heavy atom. The maximum Gasteiger partial charge on any atom is 0.271 e. The molecule has 0 N–H and O–H groups in total. The second kappa shape index (κ2) is 10.7. The Balaban J connectivity index is 1.41. The molecule has 42 heavy (non-hydrogen) atoms. The van der Waals surface area contributed by atoms with Crippen molar-refractivity contribution in [1.29, 1.82) is 0 Å². The highest BCUT2D eigenvalue weighted by molar-refractivity contribution is 7.07. The minimum absolute atomic E-state index is 0.136. The Hall–Kier alpha value is -4.04. The van der Waals surface area contributed by atoms with E-state index in [2.05, 4.69) is 18.2 Å². The van der Waals surface area contributed by atoms with Crippen LogP contribution in [0.4, 0.5) is 0 Å². The molecule has 2 aromatic heterocycles. The molecule has 3 aromatic carbocycles. The molecule has 6 nitrogen and oxygen atoms in total. The number of fused-ring (bicyclic) bond motifs is 3. The third kappa shape index (κ3) is 4.49. The molecule has 7 rings (SSSR count). The van der Waals surface area contributed by atoms with Crippen LogP contribution >= 0.6 is 34.5 Å².